The summed E-state index contributed by atoms with van der Waals surface area (Å²) in [4.78, 5) is 144. The number of alkyl carbamates (subject to hydrolysis) is 3. The van der Waals surface area contributed by atoms with Crippen molar-refractivity contribution in [3.05, 3.63) is 203 Å². The van der Waals surface area contributed by atoms with Gasteiger partial charge in [-0.2, -0.15) is 4.39 Å². The minimum Gasteiger partial charge on any atom is -0.481 e. The molecule has 44 heteroatoms. The van der Waals surface area contributed by atoms with Gasteiger partial charge in [-0.05, 0) is 306 Å². The standard InChI is InChI=1S/C19H28N2O5.C18H26N2O5.C13H18N2O3.C12H14BrNO3.C11H12BrNO3.C10H12BrNO.C9H16INO4.C7H12O3.C5H3BrFN/c1-19(2,3)26-18(23)21-16(17(22)24-4)11-13-5-6-15(20-12-13)14-7-9-25-10-8-14;1-18(2,3)25-17(23)20-15(16(21)22)10-12-4-5-14(19-11-12)13-6-8-24-9-7-13;14-11(13(16)17)7-9-1-2-12(15-8-9)10-3-5-18-6-4-10;1-16-11(15)12(4-6-17-7-5-12)10-3-2-9(13)8-14-10;12-8-1-2-9(13-7-8)11(10(14)15)3-5-16-6-4-11;11-9-1-2-10(12-7-9)8-3-5-13-6-4-8;1-9(2,3)15-8(13)11-6(5-10)7(12)14-4;1-9-7(8)6-2-4-10-5-3-6;6-4-1-2-5(7)8-3-4/h5-6,12,14,16H,7-11H2,1-4H3,(H,21,23);4-5,11,13,15H,6-10H2,1-3H3,(H,20,23)(H,21,22);1-2,8,10-11H,3-7,14H2,(H,16,17);2-3,8H,4-7H2,1H3;1-2,7H,3-6H2,(H,14,15);1-2,7-8H,3-6H2;6H,5H2,1-4H3,(H,11,13);6H,2-5H2,1H3;1-3H/t16-;15-;11-;;;;6-;;/m000...0../s1. The van der Waals surface area contributed by atoms with E-state index in [0.29, 0.717) is 106 Å². The van der Waals surface area contributed by atoms with E-state index in [2.05, 4.69) is 136 Å². The molecule has 7 aliphatic rings. The van der Waals surface area contributed by atoms with Gasteiger partial charge >= 0.3 is 60.1 Å². The molecule has 38 nitrogen and oxygen atoms in total. The van der Waals surface area contributed by atoms with Gasteiger partial charge in [0.2, 0.25) is 5.95 Å². The van der Waals surface area contributed by atoms with Crippen LogP contribution in [-0.4, -0.2) is 277 Å². The minimum atomic E-state index is -1.11. The number of pyridine rings is 7. The molecule has 0 unspecified atom stereocenters. The first-order chi connectivity index (χ1) is 70.3. The van der Waals surface area contributed by atoms with Gasteiger partial charge in [0.1, 0.15) is 51.8 Å². The predicted molar refractivity (Wildman–Crippen MR) is 567 cm³/mol. The summed E-state index contributed by atoms with van der Waals surface area (Å²) in [6, 6.07) is 22.6. The van der Waals surface area contributed by atoms with Crippen LogP contribution in [-0.2, 0) is 130 Å². The molecule has 0 aliphatic carbocycles. The van der Waals surface area contributed by atoms with Crippen LogP contribution in [0.15, 0.2) is 146 Å². The highest BCUT2D eigenvalue weighted by atomic mass is 127. The van der Waals surface area contributed by atoms with Crippen molar-refractivity contribution in [1.82, 2.24) is 50.8 Å². The maximum atomic E-state index is 12.0. The number of carbonyl (C=O) groups is 10. The molecule has 0 spiro atoms. The molecule has 7 aliphatic heterocycles. The summed E-state index contributed by atoms with van der Waals surface area (Å²) < 4.78 is 87.1. The third-order valence-electron chi connectivity index (χ3n) is 23.6. The summed E-state index contributed by atoms with van der Waals surface area (Å²) in [6.07, 6.45) is 22.4. The van der Waals surface area contributed by atoms with Crippen LogP contribution in [0.5, 0.6) is 0 Å². The van der Waals surface area contributed by atoms with Gasteiger partial charge in [-0.3, -0.25) is 49.1 Å². The second-order valence-electron chi connectivity index (χ2n) is 38.0. The Morgan fingerprint density at radius 2 is 0.689 bits per heavy atom. The van der Waals surface area contributed by atoms with Gasteiger partial charge in [-0.25, -0.2) is 33.8 Å². The number of rotatable bonds is 23. The number of nitrogens with two attached hydrogens (primary N) is 1. The Balaban J connectivity index is 0.000000259. The number of halogens is 6. The first-order valence-electron chi connectivity index (χ1n) is 48.6. The van der Waals surface area contributed by atoms with Crippen molar-refractivity contribution in [2.24, 2.45) is 11.7 Å². The zero-order valence-corrected chi connectivity index (χ0v) is 94.6. The third-order valence-corrected chi connectivity index (χ3v) is 26.3. The van der Waals surface area contributed by atoms with Crippen LogP contribution in [0.25, 0.3) is 0 Å². The number of esters is 4. The van der Waals surface area contributed by atoms with E-state index in [1.165, 1.54) is 46.4 Å². The number of carboxylic acids is 3. The Hall–Kier alpha value is -9.59. The van der Waals surface area contributed by atoms with Gasteiger partial charge < -0.3 is 103 Å². The average Bonchev–Trinajstić information content (AvgIpc) is 0.787. The lowest BCUT2D eigenvalue weighted by Crippen LogP contribution is -2.45. The second-order valence-corrected chi connectivity index (χ2v) is 42.6. The number of alkyl halides is 1. The topological polar surface area (TPSA) is 513 Å². The molecular formula is C104H141Br4FIN11O27. The fraction of sp³-hybridized carbons (Fsp3) is 0.567. The van der Waals surface area contributed by atoms with Crippen LogP contribution in [0, 0.1) is 11.9 Å². The SMILES string of the molecule is Brc1ccc(C2CCOCC2)nc1.CC(C)(C)OC(=O)N[C@@H](Cc1ccc(C2CCOCC2)nc1)C(=O)O.COC(=O)C1(c2ccc(Br)cn2)CCOCC1.COC(=O)C1CCOCC1.COC(=O)[C@H](CI)NC(=O)OC(C)(C)C.COC(=O)[C@H](Cc1ccc(C2CCOCC2)nc1)NC(=O)OC(C)(C)C.Fc1ccc(Br)cn1.N[C@@H](Cc1ccc(C2CCOCC2)nc1)C(=O)O.O=C(O)C1(c2ccc(Br)cn2)CCOCC1. The molecule has 148 heavy (non-hydrogen) atoms. The zero-order chi connectivity index (χ0) is 109. The van der Waals surface area contributed by atoms with Crippen molar-refractivity contribution >= 4 is 146 Å². The Kier molecular flexibility index (Phi) is 56.9. The summed E-state index contributed by atoms with van der Waals surface area (Å²) in [6.45, 7) is 25.5. The average molecular weight is 2440 g/mol. The van der Waals surface area contributed by atoms with Gasteiger partial charge in [-0.15, -0.1) is 0 Å². The Morgan fingerprint density at radius 3 is 0.980 bits per heavy atom. The highest BCUT2D eigenvalue weighted by molar-refractivity contribution is 14.1. The van der Waals surface area contributed by atoms with Crippen molar-refractivity contribution in [3.8, 4) is 0 Å². The van der Waals surface area contributed by atoms with Gasteiger partial charge in [0.05, 0.1) is 45.7 Å². The fourth-order valence-corrected chi connectivity index (χ4v) is 17.1. The molecule has 8 N–H and O–H groups in total. The number of carboxylic acid groups (broad SMARTS) is 3. The van der Waals surface area contributed by atoms with E-state index in [-0.39, 0.29) is 30.7 Å². The quantitative estimate of drug-likeness (QED) is 0.0103. The van der Waals surface area contributed by atoms with E-state index in [9.17, 15) is 62.5 Å². The molecule has 7 saturated heterocycles. The number of nitrogens with zero attached hydrogens (tertiary/aromatic N) is 7. The number of ether oxygens (including phenoxy) is 14. The van der Waals surface area contributed by atoms with Crippen molar-refractivity contribution in [3.63, 3.8) is 0 Å². The smallest absolute Gasteiger partial charge is 0.408 e. The molecule has 0 radical (unpaired) electrons. The van der Waals surface area contributed by atoms with E-state index >= 15 is 0 Å². The van der Waals surface area contributed by atoms with Gasteiger partial charge in [-0.1, -0.05) is 40.8 Å². The highest BCUT2D eigenvalue weighted by Crippen LogP contribution is 2.38. The molecule has 7 aromatic rings. The largest absolute Gasteiger partial charge is 0.481 e. The molecular weight excluding hydrogens is 2300 g/mol. The first kappa shape index (κ1) is 127. The molecule has 7 fully saturated rings. The molecule has 3 amide bonds. The molecule has 0 saturated carbocycles. The number of hydrogen-bond donors (Lipinski definition) is 7. The summed E-state index contributed by atoms with van der Waals surface area (Å²) in [5.41, 5.74) is 10.2. The van der Waals surface area contributed by atoms with Crippen molar-refractivity contribution in [2.75, 3.05) is 125 Å². The summed E-state index contributed by atoms with van der Waals surface area (Å²) in [5, 5.41) is 34.9. The number of amides is 3. The first-order valence-corrected chi connectivity index (χ1v) is 53.3. The van der Waals surface area contributed by atoms with E-state index in [4.69, 9.17) is 67.7 Å². The molecule has 7 aromatic heterocycles. The predicted octanol–water partition coefficient (Wildman–Crippen LogP) is 16.8. The highest BCUT2D eigenvalue weighted by Gasteiger charge is 2.45. The molecule has 816 valence electrons. The van der Waals surface area contributed by atoms with E-state index in [1.807, 2.05) is 83.4 Å². The van der Waals surface area contributed by atoms with Crippen LogP contribution >= 0.6 is 86.3 Å². The Bertz CT molecular complexity index is 5120. The Labute approximate surface area is 911 Å². The second kappa shape index (κ2) is 66.3. The number of aromatic nitrogens is 7. The molecule has 14 heterocycles. The lowest BCUT2D eigenvalue weighted by Gasteiger charge is -2.33. The van der Waals surface area contributed by atoms with E-state index in [0.717, 1.165) is 174 Å². The summed E-state index contributed by atoms with van der Waals surface area (Å²) in [7, 11) is 5.41. The van der Waals surface area contributed by atoms with E-state index in [1.54, 1.807) is 105 Å². The summed E-state index contributed by atoms with van der Waals surface area (Å²) >= 11 is 15.1. The maximum absolute atomic E-state index is 12.0. The monoisotopic (exact) mass is 2440 g/mol. The number of nitrogens with one attached hydrogen (secondary N) is 3. The maximum Gasteiger partial charge on any atom is 0.408 e. The number of hydrogen-bond acceptors (Lipinski definition) is 32. The summed E-state index contributed by atoms with van der Waals surface area (Å²) in [5.74, 6) is -2.74. The van der Waals surface area contributed by atoms with Gasteiger partial charge in [0.15, 0.2) is 0 Å². The van der Waals surface area contributed by atoms with Gasteiger partial charge in [0.25, 0.3) is 0 Å². The minimum absolute atomic E-state index is 0.0822. The van der Waals surface area contributed by atoms with Crippen molar-refractivity contribution in [1.29, 1.82) is 0 Å². The lowest BCUT2D eigenvalue weighted by atomic mass is 9.77. The zero-order valence-electron chi connectivity index (χ0n) is 86.1. The van der Waals surface area contributed by atoms with Crippen LogP contribution in [0.4, 0.5) is 18.8 Å². The van der Waals surface area contributed by atoms with Crippen molar-refractivity contribution < 1.29 is 134 Å². The normalized spacial score (nSPS) is 17.1. The van der Waals surface area contributed by atoms with Gasteiger partial charge in [0, 0.05) is 217 Å². The molecule has 4 atom stereocenters. The number of methoxy groups -OCH3 is 4. The third kappa shape index (κ3) is 47.5. The van der Waals surface area contributed by atoms with Crippen LogP contribution in [0.1, 0.15) is 227 Å². The lowest BCUT2D eigenvalue weighted by molar-refractivity contribution is -0.152. The van der Waals surface area contributed by atoms with Crippen LogP contribution in [0.2, 0.25) is 0 Å². The van der Waals surface area contributed by atoms with Crippen molar-refractivity contribution in [2.45, 2.75) is 247 Å². The molecule has 0 aromatic carbocycles. The van der Waals surface area contributed by atoms with E-state index < -0.39 is 106 Å². The van der Waals surface area contributed by atoms with Crippen LogP contribution < -0.4 is 21.7 Å². The molecule has 0 bridgehead atoms. The Morgan fingerprint density at radius 1 is 0.385 bits per heavy atom. The number of carbonyl (C=O) groups excluding carboxylic acids is 7. The van der Waals surface area contributed by atoms with Crippen LogP contribution in [0.3, 0.4) is 0 Å². The molecule has 14 rings (SSSR count). The number of aliphatic carboxylic acids is 3. The fourth-order valence-electron chi connectivity index (χ4n) is 15.6.